The summed E-state index contributed by atoms with van der Waals surface area (Å²) in [4.78, 5) is 0.720. The van der Waals surface area contributed by atoms with Crippen molar-refractivity contribution < 1.29 is 8.39 Å². The lowest BCUT2D eigenvalue weighted by Crippen LogP contribution is -2.03. The van der Waals surface area contributed by atoms with E-state index in [1.165, 1.54) is 5.56 Å². The van der Waals surface area contributed by atoms with Crippen LogP contribution in [0.2, 0.25) is 0 Å². The molecule has 0 aliphatic rings. The van der Waals surface area contributed by atoms with E-state index >= 15 is 0 Å². The Hall–Kier alpha value is -1.61. The summed E-state index contributed by atoms with van der Waals surface area (Å²) in [5.41, 5.74) is 3.14. The van der Waals surface area contributed by atoms with Gasteiger partial charge in [0.1, 0.15) is 5.75 Å². The van der Waals surface area contributed by atoms with Crippen molar-refractivity contribution in [2.24, 2.45) is 0 Å². The van der Waals surface area contributed by atoms with Gasteiger partial charge in [-0.15, -0.1) is 0 Å². The average Bonchev–Trinajstić information content (AvgIpc) is 2.33. The van der Waals surface area contributed by atoms with Gasteiger partial charge in [0.2, 0.25) is 11.1 Å². The van der Waals surface area contributed by atoms with Crippen molar-refractivity contribution in [3.63, 3.8) is 0 Å². The maximum Gasteiger partial charge on any atom is 0.240 e. The normalized spacial score (nSPS) is 12.2. The van der Waals surface area contributed by atoms with Crippen LogP contribution in [0.25, 0.3) is 0 Å². The van der Waals surface area contributed by atoms with Gasteiger partial charge in [-0.05, 0) is 44.0 Å². The second kappa shape index (κ2) is 5.36. The smallest absolute Gasteiger partial charge is 0.240 e. The number of aryl methyl sites for hydroxylation is 3. The minimum absolute atomic E-state index is 0.669. The molecular weight excluding hydrogens is 244 g/mol. The molecule has 0 spiro atoms. The van der Waals surface area contributed by atoms with Gasteiger partial charge in [0.05, 0.1) is 4.90 Å². The number of benzene rings is 2. The molecule has 0 heterocycles. The molecule has 2 rings (SSSR count). The summed E-state index contributed by atoms with van der Waals surface area (Å²) in [5, 5.41) is 0. The van der Waals surface area contributed by atoms with Crippen molar-refractivity contribution in [1.29, 1.82) is 0 Å². The third-order valence-electron chi connectivity index (χ3n) is 2.77. The molecule has 18 heavy (non-hydrogen) atoms. The molecule has 0 aliphatic carbocycles. The summed E-state index contributed by atoms with van der Waals surface area (Å²) in [6.45, 7) is 5.91. The zero-order valence-corrected chi connectivity index (χ0v) is 11.6. The van der Waals surface area contributed by atoms with Crippen LogP contribution in [0.15, 0.2) is 47.4 Å². The fourth-order valence-corrected chi connectivity index (χ4v) is 2.72. The number of hydrogen-bond donors (Lipinski definition) is 0. The second-order valence-corrected chi connectivity index (χ2v) is 5.43. The van der Waals surface area contributed by atoms with Crippen LogP contribution in [0.3, 0.4) is 0 Å². The van der Waals surface area contributed by atoms with E-state index in [0.717, 1.165) is 16.0 Å². The molecule has 0 aliphatic heterocycles. The molecular formula is C15H16O2S. The van der Waals surface area contributed by atoms with E-state index in [-0.39, 0.29) is 0 Å². The third kappa shape index (κ3) is 2.79. The Morgan fingerprint density at radius 3 is 2.33 bits per heavy atom. The topological polar surface area (TPSA) is 26.3 Å². The lowest BCUT2D eigenvalue weighted by atomic mass is 10.1. The molecule has 3 heteroatoms. The number of hydrogen-bond acceptors (Lipinski definition) is 2. The molecule has 1 atom stereocenters. The van der Waals surface area contributed by atoms with Crippen molar-refractivity contribution >= 4 is 11.1 Å². The van der Waals surface area contributed by atoms with E-state index < -0.39 is 11.1 Å². The Kier molecular flexibility index (Phi) is 3.82. The van der Waals surface area contributed by atoms with Gasteiger partial charge in [0, 0.05) is 0 Å². The van der Waals surface area contributed by atoms with Crippen LogP contribution in [0.4, 0.5) is 0 Å². The summed E-state index contributed by atoms with van der Waals surface area (Å²) >= 11 is -1.46. The van der Waals surface area contributed by atoms with Gasteiger partial charge in [0.25, 0.3) is 0 Å². The van der Waals surface area contributed by atoms with Crippen molar-refractivity contribution in [2.75, 3.05) is 0 Å². The van der Waals surface area contributed by atoms with Crippen molar-refractivity contribution in [3.8, 4) is 5.75 Å². The Morgan fingerprint density at radius 1 is 0.944 bits per heavy atom. The monoisotopic (exact) mass is 260 g/mol. The predicted octanol–water partition coefficient (Wildman–Crippen LogP) is 3.71. The summed E-state index contributed by atoms with van der Waals surface area (Å²) in [7, 11) is 0. The Labute approximate surface area is 110 Å². The van der Waals surface area contributed by atoms with Gasteiger partial charge < -0.3 is 4.18 Å². The fraction of sp³-hybridized carbons (Fsp3) is 0.200. The Bertz CT molecular complexity index is 591. The average molecular weight is 260 g/mol. The predicted molar refractivity (Wildman–Crippen MR) is 74.1 cm³/mol. The highest BCUT2D eigenvalue weighted by Crippen LogP contribution is 2.22. The van der Waals surface area contributed by atoms with E-state index in [0.29, 0.717) is 5.75 Å². The van der Waals surface area contributed by atoms with Gasteiger partial charge >= 0.3 is 0 Å². The zero-order chi connectivity index (χ0) is 13.1. The lowest BCUT2D eigenvalue weighted by molar-refractivity contribution is 0.558. The molecule has 0 bridgehead atoms. The maximum atomic E-state index is 12.2. The Balaban J connectivity index is 2.24. The van der Waals surface area contributed by atoms with Crippen LogP contribution in [0.1, 0.15) is 16.7 Å². The van der Waals surface area contributed by atoms with E-state index in [9.17, 15) is 4.21 Å². The van der Waals surface area contributed by atoms with Crippen LogP contribution in [0, 0.1) is 20.8 Å². The van der Waals surface area contributed by atoms with Gasteiger partial charge in [-0.25, -0.2) is 4.21 Å². The standard InChI is InChI=1S/C15H16O2S/c1-11-8-9-14(13(3)10-11)17-18(16)15-7-5-4-6-12(15)2/h4-10H,1-3H3. The van der Waals surface area contributed by atoms with Gasteiger partial charge in [-0.1, -0.05) is 35.9 Å². The first kappa shape index (κ1) is 12.8. The van der Waals surface area contributed by atoms with Crippen molar-refractivity contribution in [2.45, 2.75) is 25.7 Å². The van der Waals surface area contributed by atoms with Crippen LogP contribution >= 0.6 is 0 Å². The highest BCUT2D eigenvalue weighted by molar-refractivity contribution is 7.80. The highest BCUT2D eigenvalue weighted by Gasteiger charge is 2.10. The molecule has 0 amide bonds. The molecule has 0 radical (unpaired) electrons. The first-order chi connectivity index (χ1) is 8.58. The van der Waals surface area contributed by atoms with Gasteiger partial charge in [0.15, 0.2) is 0 Å². The SMILES string of the molecule is Cc1ccc(OS(=O)c2ccccc2C)c(C)c1. The molecule has 0 N–H and O–H groups in total. The molecule has 0 fully saturated rings. The highest BCUT2D eigenvalue weighted by atomic mass is 32.2. The largest absolute Gasteiger partial charge is 0.397 e. The molecule has 0 saturated carbocycles. The van der Waals surface area contributed by atoms with E-state index in [4.69, 9.17) is 4.18 Å². The molecule has 2 nitrogen and oxygen atoms in total. The molecule has 1 unspecified atom stereocenters. The lowest BCUT2D eigenvalue weighted by Gasteiger charge is -2.09. The third-order valence-corrected chi connectivity index (χ3v) is 3.92. The van der Waals surface area contributed by atoms with Gasteiger partial charge in [-0.2, -0.15) is 0 Å². The molecule has 2 aromatic carbocycles. The van der Waals surface area contributed by atoms with Crippen LogP contribution in [-0.4, -0.2) is 4.21 Å². The summed E-state index contributed by atoms with van der Waals surface area (Å²) in [6, 6.07) is 13.4. The maximum absolute atomic E-state index is 12.2. The molecule has 0 saturated heterocycles. The van der Waals surface area contributed by atoms with Crippen molar-refractivity contribution in [1.82, 2.24) is 0 Å². The van der Waals surface area contributed by atoms with Crippen LogP contribution in [-0.2, 0) is 11.1 Å². The fourth-order valence-electron chi connectivity index (χ4n) is 1.76. The molecule has 2 aromatic rings. The molecule has 94 valence electrons. The molecule has 0 aromatic heterocycles. The Morgan fingerprint density at radius 2 is 1.67 bits per heavy atom. The first-order valence-electron chi connectivity index (χ1n) is 5.81. The number of rotatable bonds is 3. The minimum atomic E-state index is -1.46. The van der Waals surface area contributed by atoms with E-state index in [1.807, 2.05) is 63.2 Å². The summed E-state index contributed by atoms with van der Waals surface area (Å²) in [5.74, 6) is 0.669. The first-order valence-corrected chi connectivity index (χ1v) is 6.88. The minimum Gasteiger partial charge on any atom is -0.397 e. The summed E-state index contributed by atoms with van der Waals surface area (Å²) in [6.07, 6.45) is 0. The van der Waals surface area contributed by atoms with Crippen molar-refractivity contribution in [3.05, 3.63) is 59.2 Å². The summed E-state index contributed by atoms with van der Waals surface area (Å²) < 4.78 is 17.7. The van der Waals surface area contributed by atoms with E-state index in [1.54, 1.807) is 0 Å². The van der Waals surface area contributed by atoms with Crippen LogP contribution in [0.5, 0.6) is 5.75 Å². The van der Waals surface area contributed by atoms with E-state index in [2.05, 4.69) is 0 Å². The van der Waals surface area contributed by atoms with Crippen LogP contribution < -0.4 is 4.18 Å². The zero-order valence-electron chi connectivity index (χ0n) is 10.8. The quantitative estimate of drug-likeness (QED) is 0.841. The second-order valence-electron chi connectivity index (χ2n) is 4.35. The van der Waals surface area contributed by atoms with Gasteiger partial charge in [-0.3, -0.25) is 0 Å².